The van der Waals surface area contributed by atoms with Gasteiger partial charge in [0.2, 0.25) is 0 Å². The molecule has 1 aliphatic rings. The Labute approximate surface area is 190 Å². The topological polar surface area (TPSA) is 79.9 Å². The van der Waals surface area contributed by atoms with E-state index >= 15 is 0 Å². The molecule has 2 amide bonds. The van der Waals surface area contributed by atoms with Crippen LogP contribution >= 0.6 is 0 Å². The first-order chi connectivity index (χ1) is 15.3. The summed E-state index contributed by atoms with van der Waals surface area (Å²) in [6.07, 6.45) is 1.12. The molecule has 2 aromatic carbocycles. The van der Waals surface area contributed by atoms with Crippen LogP contribution in [-0.2, 0) is 22.6 Å². The van der Waals surface area contributed by atoms with Crippen molar-refractivity contribution in [3.8, 4) is 0 Å². The monoisotopic (exact) mass is 439 g/mol. The summed E-state index contributed by atoms with van der Waals surface area (Å²) in [7, 11) is 0. The first-order valence-electron chi connectivity index (χ1n) is 11.1. The average molecular weight is 440 g/mol. The molecule has 1 fully saturated rings. The highest BCUT2D eigenvalue weighted by molar-refractivity contribution is 5.84. The standard InChI is InChI=1S/C25H33N3O4/c1-25(2,3)32-24(30)26-21-13-11-19(12-14-21)16-28-15-7-10-22(17-28)27-23(29)31-18-20-8-5-4-6-9-20/h4-6,8-9,11-14,22H,7,10,15-18H2,1-3H3,(H,26,30)(H,27,29). The number of nitrogens with one attached hydrogen (secondary N) is 2. The third-order valence-electron chi connectivity index (χ3n) is 5.05. The van der Waals surface area contributed by atoms with Gasteiger partial charge in [-0.1, -0.05) is 42.5 Å². The molecule has 1 saturated heterocycles. The van der Waals surface area contributed by atoms with Crippen LogP contribution in [0, 0.1) is 0 Å². The number of likely N-dealkylation sites (tertiary alicyclic amines) is 1. The number of hydrogen-bond acceptors (Lipinski definition) is 5. The SMILES string of the molecule is CC(C)(C)OC(=O)Nc1ccc(CN2CCCC(NC(=O)OCc3ccccc3)C2)cc1. The Kier molecular flexibility index (Phi) is 8.11. The van der Waals surface area contributed by atoms with Crippen molar-refractivity contribution in [2.75, 3.05) is 18.4 Å². The van der Waals surface area contributed by atoms with Gasteiger partial charge in [-0.05, 0) is 63.4 Å². The lowest BCUT2D eigenvalue weighted by Gasteiger charge is -2.33. The quantitative estimate of drug-likeness (QED) is 0.668. The molecular weight excluding hydrogens is 406 g/mol. The minimum atomic E-state index is -0.531. The molecule has 7 nitrogen and oxygen atoms in total. The molecule has 0 radical (unpaired) electrons. The summed E-state index contributed by atoms with van der Waals surface area (Å²) in [6, 6.07) is 17.5. The highest BCUT2D eigenvalue weighted by atomic mass is 16.6. The fraction of sp³-hybridized carbons (Fsp3) is 0.440. The number of piperidine rings is 1. The van der Waals surface area contributed by atoms with E-state index in [0.29, 0.717) is 5.69 Å². The number of amides is 2. The lowest BCUT2D eigenvalue weighted by molar-refractivity contribution is 0.0636. The molecule has 0 saturated carbocycles. The molecule has 1 atom stereocenters. The van der Waals surface area contributed by atoms with Crippen LogP contribution in [0.25, 0.3) is 0 Å². The van der Waals surface area contributed by atoms with Crippen LogP contribution in [0.2, 0.25) is 0 Å². The molecule has 2 N–H and O–H groups in total. The summed E-state index contributed by atoms with van der Waals surface area (Å²) >= 11 is 0. The second-order valence-electron chi connectivity index (χ2n) is 9.10. The molecule has 0 aromatic heterocycles. The molecule has 0 aliphatic carbocycles. The van der Waals surface area contributed by atoms with Crippen LogP contribution in [-0.4, -0.2) is 41.8 Å². The highest BCUT2D eigenvalue weighted by Gasteiger charge is 2.22. The Hall–Kier alpha value is -3.06. The van der Waals surface area contributed by atoms with Gasteiger partial charge in [0.05, 0.1) is 0 Å². The van der Waals surface area contributed by atoms with Gasteiger partial charge in [0.1, 0.15) is 12.2 Å². The summed E-state index contributed by atoms with van der Waals surface area (Å²) in [5.74, 6) is 0. The number of anilines is 1. The van der Waals surface area contributed by atoms with Gasteiger partial charge in [-0.3, -0.25) is 10.2 Å². The molecule has 2 aromatic rings. The van der Waals surface area contributed by atoms with E-state index in [0.717, 1.165) is 43.6 Å². The predicted molar refractivity (Wildman–Crippen MR) is 124 cm³/mol. The van der Waals surface area contributed by atoms with Gasteiger partial charge in [-0.25, -0.2) is 9.59 Å². The van der Waals surface area contributed by atoms with Crippen molar-refractivity contribution in [3.05, 3.63) is 65.7 Å². The molecule has 0 spiro atoms. The summed E-state index contributed by atoms with van der Waals surface area (Å²) in [6.45, 7) is 8.31. The molecule has 0 bridgehead atoms. The molecule has 172 valence electrons. The van der Waals surface area contributed by atoms with Crippen LogP contribution in [0.4, 0.5) is 15.3 Å². The second-order valence-corrected chi connectivity index (χ2v) is 9.10. The number of benzene rings is 2. The molecule has 1 aliphatic heterocycles. The lowest BCUT2D eigenvalue weighted by atomic mass is 10.0. The molecule has 32 heavy (non-hydrogen) atoms. The van der Waals surface area contributed by atoms with E-state index in [2.05, 4.69) is 15.5 Å². The maximum Gasteiger partial charge on any atom is 0.412 e. The van der Waals surface area contributed by atoms with Crippen molar-refractivity contribution in [1.82, 2.24) is 10.2 Å². The zero-order valence-corrected chi connectivity index (χ0v) is 19.1. The van der Waals surface area contributed by atoms with Gasteiger partial charge < -0.3 is 14.8 Å². The van der Waals surface area contributed by atoms with Crippen molar-refractivity contribution < 1.29 is 19.1 Å². The molecule has 3 rings (SSSR count). The largest absolute Gasteiger partial charge is 0.445 e. The number of carbonyl (C=O) groups is 2. The Morgan fingerprint density at radius 2 is 1.72 bits per heavy atom. The number of nitrogens with zero attached hydrogens (tertiary/aromatic N) is 1. The van der Waals surface area contributed by atoms with Crippen molar-refractivity contribution in [3.63, 3.8) is 0 Å². The number of ether oxygens (including phenoxy) is 2. The van der Waals surface area contributed by atoms with Crippen LogP contribution in [0.15, 0.2) is 54.6 Å². The fourth-order valence-corrected chi connectivity index (χ4v) is 3.62. The summed E-state index contributed by atoms with van der Waals surface area (Å²) in [5.41, 5.74) is 2.28. The van der Waals surface area contributed by atoms with Crippen LogP contribution in [0.1, 0.15) is 44.7 Å². The minimum Gasteiger partial charge on any atom is -0.445 e. The molecular formula is C25H33N3O4. The van der Waals surface area contributed by atoms with Gasteiger partial charge in [-0.2, -0.15) is 0 Å². The fourth-order valence-electron chi connectivity index (χ4n) is 3.62. The van der Waals surface area contributed by atoms with E-state index in [9.17, 15) is 9.59 Å². The normalized spacial score (nSPS) is 16.8. The highest BCUT2D eigenvalue weighted by Crippen LogP contribution is 2.17. The summed E-state index contributed by atoms with van der Waals surface area (Å²) < 4.78 is 10.6. The number of rotatable bonds is 6. The first-order valence-corrected chi connectivity index (χ1v) is 11.1. The lowest BCUT2D eigenvalue weighted by Crippen LogP contribution is -2.47. The van der Waals surface area contributed by atoms with Crippen LogP contribution < -0.4 is 10.6 Å². The van der Waals surface area contributed by atoms with E-state index in [1.54, 1.807) is 0 Å². The average Bonchev–Trinajstić information content (AvgIpc) is 2.73. The van der Waals surface area contributed by atoms with E-state index in [1.165, 1.54) is 0 Å². The molecule has 1 heterocycles. The van der Waals surface area contributed by atoms with Crippen LogP contribution in [0.5, 0.6) is 0 Å². The van der Waals surface area contributed by atoms with Crippen LogP contribution in [0.3, 0.4) is 0 Å². The zero-order chi connectivity index (χ0) is 23.0. The maximum absolute atomic E-state index is 12.2. The Bertz CT molecular complexity index is 878. The van der Waals surface area contributed by atoms with Gasteiger partial charge in [0.25, 0.3) is 0 Å². The van der Waals surface area contributed by atoms with E-state index in [-0.39, 0.29) is 18.7 Å². The zero-order valence-electron chi connectivity index (χ0n) is 19.1. The summed E-state index contributed by atoms with van der Waals surface area (Å²) in [4.78, 5) is 26.4. The Balaban J connectivity index is 1.43. The summed E-state index contributed by atoms with van der Waals surface area (Å²) in [5, 5.41) is 5.74. The van der Waals surface area contributed by atoms with E-state index < -0.39 is 11.7 Å². The third kappa shape index (κ3) is 8.23. The van der Waals surface area contributed by atoms with Crippen molar-refractivity contribution >= 4 is 17.9 Å². The Morgan fingerprint density at radius 3 is 2.41 bits per heavy atom. The van der Waals surface area contributed by atoms with Gasteiger partial charge >= 0.3 is 12.2 Å². The number of carbonyl (C=O) groups excluding carboxylic acids is 2. The van der Waals surface area contributed by atoms with Gasteiger partial charge in [0, 0.05) is 24.8 Å². The number of hydrogen-bond donors (Lipinski definition) is 2. The van der Waals surface area contributed by atoms with Crippen molar-refractivity contribution in [2.24, 2.45) is 0 Å². The van der Waals surface area contributed by atoms with E-state index in [4.69, 9.17) is 9.47 Å². The predicted octanol–water partition coefficient (Wildman–Crippen LogP) is 4.92. The number of alkyl carbamates (subject to hydrolysis) is 1. The first kappa shape index (κ1) is 23.6. The molecule has 7 heteroatoms. The van der Waals surface area contributed by atoms with Gasteiger partial charge in [-0.15, -0.1) is 0 Å². The smallest absolute Gasteiger partial charge is 0.412 e. The van der Waals surface area contributed by atoms with Crippen molar-refractivity contribution in [1.29, 1.82) is 0 Å². The Morgan fingerprint density at radius 1 is 1.00 bits per heavy atom. The van der Waals surface area contributed by atoms with Gasteiger partial charge in [0.15, 0.2) is 0 Å². The van der Waals surface area contributed by atoms with E-state index in [1.807, 2.05) is 75.4 Å². The van der Waals surface area contributed by atoms with Crippen molar-refractivity contribution in [2.45, 2.75) is 58.4 Å². The minimum absolute atomic E-state index is 0.0696. The second kappa shape index (κ2) is 11.0. The molecule has 1 unspecified atom stereocenters. The maximum atomic E-state index is 12.2. The third-order valence-corrected chi connectivity index (χ3v) is 5.05.